The molecule has 2 aromatic heterocycles. The molecule has 51 heavy (non-hydrogen) atoms. The molecule has 0 unspecified atom stereocenters. The first-order valence-corrected chi connectivity index (χ1v) is 20.8. The summed E-state index contributed by atoms with van der Waals surface area (Å²) in [6, 6.07) is 30.5. The third-order valence-electron chi connectivity index (χ3n) is 10.4. The number of hydrogen-bond donors (Lipinski definition) is 1. The number of ether oxygens (including phenoxy) is 4. The van der Waals surface area contributed by atoms with Crippen LogP contribution in [0.2, 0.25) is 18.1 Å². The van der Waals surface area contributed by atoms with Gasteiger partial charge in [-0.1, -0.05) is 112 Å². The van der Waals surface area contributed by atoms with Gasteiger partial charge in [0.2, 0.25) is 5.88 Å². The topological polar surface area (TPSA) is 88.9 Å². The van der Waals surface area contributed by atoms with E-state index in [1.807, 2.05) is 80.6 Å². The third-order valence-corrected chi connectivity index (χ3v) is 14.9. The molecule has 1 N–H and O–H groups in total. The quantitative estimate of drug-likeness (QED) is 0.130. The first-order valence-electron chi connectivity index (χ1n) is 17.9. The van der Waals surface area contributed by atoms with Crippen LogP contribution in [0.25, 0.3) is 11.0 Å². The van der Waals surface area contributed by atoms with E-state index >= 15 is 0 Å². The van der Waals surface area contributed by atoms with Gasteiger partial charge >= 0.3 is 6.01 Å². The molecular weight excluding hydrogens is 657 g/mol. The van der Waals surface area contributed by atoms with Gasteiger partial charge in [-0.3, -0.25) is 0 Å². The molecule has 0 bridgehead atoms. The fraction of sp³-hybridized carbons (Fsp3) is 0.415. The van der Waals surface area contributed by atoms with Crippen LogP contribution in [0.4, 0.5) is 0 Å². The molecular formula is C41H50N4O5Si. The first-order chi connectivity index (χ1) is 24.4. The zero-order chi connectivity index (χ0) is 35.8. The number of benzene rings is 3. The Morgan fingerprint density at radius 1 is 0.784 bits per heavy atom. The van der Waals surface area contributed by atoms with Gasteiger partial charge in [-0.15, -0.1) is 0 Å². The van der Waals surface area contributed by atoms with Crippen LogP contribution in [0.1, 0.15) is 62.9 Å². The van der Waals surface area contributed by atoms with Gasteiger partial charge in [0.05, 0.1) is 18.7 Å². The van der Waals surface area contributed by atoms with Crippen molar-refractivity contribution in [3.63, 3.8) is 0 Å². The van der Waals surface area contributed by atoms with Gasteiger partial charge in [0.25, 0.3) is 0 Å². The Hall–Kier alpha value is -4.06. The molecule has 0 saturated carbocycles. The van der Waals surface area contributed by atoms with Gasteiger partial charge in [0.15, 0.2) is 14.1 Å². The van der Waals surface area contributed by atoms with Crippen molar-refractivity contribution in [1.82, 2.24) is 19.9 Å². The summed E-state index contributed by atoms with van der Waals surface area (Å²) in [6.07, 6.45) is 1.70. The zero-order valence-corrected chi connectivity index (χ0v) is 31.8. The Morgan fingerprint density at radius 2 is 1.35 bits per heavy atom. The van der Waals surface area contributed by atoms with Crippen LogP contribution < -0.4 is 14.8 Å². The van der Waals surface area contributed by atoms with Crippen LogP contribution >= 0.6 is 0 Å². The van der Waals surface area contributed by atoms with E-state index in [-0.39, 0.29) is 35.3 Å². The van der Waals surface area contributed by atoms with Gasteiger partial charge in [0, 0.05) is 18.3 Å². The lowest BCUT2D eigenvalue weighted by atomic mass is 10.0. The lowest BCUT2D eigenvalue weighted by Gasteiger charge is -2.37. The van der Waals surface area contributed by atoms with E-state index in [1.54, 1.807) is 0 Å². The normalized spacial score (nSPS) is 21.5. The summed E-state index contributed by atoms with van der Waals surface area (Å²) in [5, 5.41) is 3.97. The summed E-state index contributed by atoms with van der Waals surface area (Å²) in [6.45, 7) is 17.2. The molecule has 268 valence electrons. The molecule has 0 spiro atoms. The van der Waals surface area contributed by atoms with Crippen LogP contribution in [0.15, 0.2) is 97.2 Å². The number of aromatic nitrogens is 3. The Balaban J connectivity index is 1.31. The van der Waals surface area contributed by atoms with Gasteiger partial charge in [-0.05, 0) is 48.7 Å². The van der Waals surface area contributed by atoms with E-state index in [4.69, 9.17) is 33.3 Å². The number of nitrogens with zero attached hydrogens (tertiary/aromatic N) is 3. The molecule has 5 aromatic rings. The Bertz CT molecular complexity index is 1930. The average molecular weight is 707 g/mol. The van der Waals surface area contributed by atoms with E-state index in [0.717, 1.165) is 33.3 Å². The summed E-state index contributed by atoms with van der Waals surface area (Å²) in [4.78, 5) is 10.0. The average Bonchev–Trinajstić information content (AvgIpc) is 3.74. The van der Waals surface area contributed by atoms with Crippen molar-refractivity contribution in [3.8, 4) is 11.9 Å². The molecule has 2 aliphatic heterocycles. The van der Waals surface area contributed by atoms with Crippen molar-refractivity contribution in [2.24, 2.45) is 0 Å². The van der Waals surface area contributed by atoms with Crippen molar-refractivity contribution >= 4 is 19.4 Å². The fourth-order valence-electron chi connectivity index (χ4n) is 6.64. The van der Waals surface area contributed by atoms with Gasteiger partial charge in [0.1, 0.15) is 36.5 Å². The molecule has 0 amide bonds. The molecule has 2 aliphatic rings. The van der Waals surface area contributed by atoms with E-state index in [2.05, 4.69) is 74.2 Å². The Kier molecular flexibility index (Phi) is 9.81. The van der Waals surface area contributed by atoms with Crippen LogP contribution in [0.3, 0.4) is 0 Å². The molecule has 2 saturated heterocycles. The first kappa shape index (κ1) is 35.3. The van der Waals surface area contributed by atoms with Crippen molar-refractivity contribution in [3.05, 3.63) is 119 Å². The maximum Gasteiger partial charge on any atom is 0.320 e. The van der Waals surface area contributed by atoms with Crippen molar-refractivity contribution in [1.29, 1.82) is 0 Å². The molecule has 0 aliphatic carbocycles. The van der Waals surface area contributed by atoms with Gasteiger partial charge in [-0.2, -0.15) is 9.97 Å². The smallest absolute Gasteiger partial charge is 0.320 e. The minimum absolute atomic E-state index is 0.0761. The predicted molar refractivity (Wildman–Crippen MR) is 201 cm³/mol. The highest BCUT2D eigenvalue weighted by atomic mass is 28.4. The van der Waals surface area contributed by atoms with Crippen LogP contribution in [-0.4, -0.2) is 53.5 Å². The van der Waals surface area contributed by atoms with Crippen molar-refractivity contribution in [2.75, 3.05) is 6.61 Å². The van der Waals surface area contributed by atoms with Crippen LogP contribution in [0, 0.1) is 0 Å². The van der Waals surface area contributed by atoms with E-state index in [1.165, 1.54) is 0 Å². The molecule has 2 fully saturated rings. The second-order valence-electron chi connectivity index (χ2n) is 15.6. The number of fused-ring (bicyclic) bond motifs is 2. The lowest BCUT2D eigenvalue weighted by Crippen LogP contribution is -2.47. The summed E-state index contributed by atoms with van der Waals surface area (Å²) >= 11 is 0. The summed E-state index contributed by atoms with van der Waals surface area (Å²) in [7, 11) is -2.02. The number of hydrogen-bond acceptors (Lipinski definition) is 8. The summed E-state index contributed by atoms with van der Waals surface area (Å²) < 4.78 is 35.1. The SMILES string of the molecule is CC1(C)O[C@@H]2[C@H](O1)[C@@H](CO[Si](C)(C)C(C)(C)C)N[C@H]2c1cn(Cc2ccccc2)c2c(OCc3ccccc3)nc(OCc3ccccc3)nc12. The highest BCUT2D eigenvalue weighted by molar-refractivity contribution is 6.74. The van der Waals surface area contributed by atoms with E-state index in [0.29, 0.717) is 32.2 Å². The second kappa shape index (κ2) is 14.2. The molecule has 10 heteroatoms. The van der Waals surface area contributed by atoms with Crippen molar-refractivity contribution < 1.29 is 23.4 Å². The van der Waals surface area contributed by atoms with Gasteiger partial charge < -0.3 is 33.3 Å². The second-order valence-corrected chi connectivity index (χ2v) is 20.5. The molecule has 3 aromatic carbocycles. The molecule has 7 rings (SSSR count). The highest BCUT2D eigenvalue weighted by Gasteiger charge is 2.55. The zero-order valence-electron chi connectivity index (χ0n) is 30.8. The summed E-state index contributed by atoms with van der Waals surface area (Å²) in [5.41, 5.74) is 5.75. The summed E-state index contributed by atoms with van der Waals surface area (Å²) in [5.74, 6) is -0.277. The van der Waals surface area contributed by atoms with E-state index in [9.17, 15) is 0 Å². The minimum atomic E-state index is -2.02. The third kappa shape index (κ3) is 7.75. The minimum Gasteiger partial charge on any atom is -0.471 e. The lowest BCUT2D eigenvalue weighted by molar-refractivity contribution is -0.157. The maximum absolute atomic E-state index is 6.77. The highest BCUT2D eigenvalue weighted by Crippen LogP contribution is 2.45. The standard InChI is InChI=1S/C41H50N4O5Si/c1-40(2,3)51(6,7)48-27-32-36-37(50-41(4,5)49-36)34(42-32)31-24-45(23-28-17-11-8-12-18-28)35-33(31)43-39(47-26-30-21-15-10-16-22-30)44-38(35)46-25-29-19-13-9-14-20-29/h8-22,24,32,34,36-37,42H,23,25-27H2,1-7H3/t32-,34+,36-,37+/m1/s1. The Morgan fingerprint density at radius 3 is 1.96 bits per heavy atom. The monoisotopic (exact) mass is 706 g/mol. The molecule has 9 nitrogen and oxygen atoms in total. The van der Waals surface area contributed by atoms with Crippen molar-refractivity contribution in [2.45, 2.75) is 103 Å². The van der Waals surface area contributed by atoms with Crippen LogP contribution in [0.5, 0.6) is 11.9 Å². The predicted octanol–water partition coefficient (Wildman–Crippen LogP) is 8.19. The van der Waals surface area contributed by atoms with Gasteiger partial charge in [-0.25, -0.2) is 0 Å². The van der Waals surface area contributed by atoms with E-state index < -0.39 is 14.1 Å². The molecule has 4 atom stereocenters. The maximum atomic E-state index is 6.77. The van der Waals surface area contributed by atoms with Crippen LogP contribution in [-0.2, 0) is 33.7 Å². The number of rotatable bonds is 12. The fourth-order valence-corrected chi connectivity index (χ4v) is 7.67. The molecule has 4 heterocycles. The number of nitrogens with one attached hydrogen (secondary N) is 1. The molecule has 0 radical (unpaired) electrons. The largest absolute Gasteiger partial charge is 0.471 e. The Labute approximate surface area is 302 Å².